The summed E-state index contributed by atoms with van der Waals surface area (Å²) in [4.78, 5) is 3.79. The van der Waals surface area contributed by atoms with Gasteiger partial charge in [-0.3, -0.25) is 4.90 Å². The summed E-state index contributed by atoms with van der Waals surface area (Å²) in [6.07, 6.45) is 0. The summed E-state index contributed by atoms with van der Waals surface area (Å²) in [6.45, 7) is 8.60. The van der Waals surface area contributed by atoms with E-state index >= 15 is 0 Å². The minimum absolute atomic E-state index is 0.772. The standard InChI is InChI=1S/C14H26N2O2S/c1-13-4-11-19-14(13)12-15-5-6-16(7-9-17-2)8-10-18-3/h4,11,15H,5-10,12H2,1-3H3. The van der Waals surface area contributed by atoms with Gasteiger partial charge in [-0.1, -0.05) is 0 Å². The second-order valence-electron chi connectivity index (χ2n) is 4.53. The SMILES string of the molecule is COCCN(CCNCc1sccc1C)CCOC. The van der Waals surface area contributed by atoms with E-state index in [9.17, 15) is 0 Å². The third kappa shape index (κ3) is 7.03. The van der Waals surface area contributed by atoms with Crippen molar-refractivity contribution in [2.45, 2.75) is 13.5 Å². The van der Waals surface area contributed by atoms with Crippen LogP contribution in [0, 0.1) is 6.92 Å². The van der Waals surface area contributed by atoms with Crippen LogP contribution in [-0.4, -0.2) is 58.5 Å². The lowest BCUT2D eigenvalue weighted by Crippen LogP contribution is -2.36. The summed E-state index contributed by atoms with van der Waals surface area (Å²) in [5.74, 6) is 0. The van der Waals surface area contributed by atoms with Gasteiger partial charge in [0.15, 0.2) is 0 Å². The van der Waals surface area contributed by atoms with Crippen LogP contribution in [0.15, 0.2) is 11.4 Å². The Morgan fingerprint density at radius 3 is 2.37 bits per heavy atom. The van der Waals surface area contributed by atoms with Gasteiger partial charge in [0, 0.05) is 51.8 Å². The van der Waals surface area contributed by atoms with Crippen molar-refractivity contribution in [2.24, 2.45) is 0 Å². The zero-order chi connectivity index (χ0) is 13.9. The highest BCUT2D eigenvalue weighted by atomic mass is 32.1. The molecule has 1 rings (SSSR count). The summed E-state index contributed by atoms with van der Waals surface area (Å²) < 4.78 is 10.3. The number of nitrogens with zero attached hydrogens (tertiary/aromatic N) is 1. The molecule has 0 unspecified atom stereocenters. The maximum Gasteiger partial charge on any atom is 0.0589 e. The molecule has 0 amide bonds. The van der Waals surface area contributed by atoms with Crippen molar-refractivity contribution in [1.29, 1.82) is 0 Å². The quantitative estimate of drug-likeness (QED) is 0.628. The number of ether oxygens (including phenoxy) is 2. The highest BCUT2D eigenvalue weighted by molar-refractivity contribution is 7.10. The Morgan fingerprint density at radius 2 is 1.84 bits per heavy atom. The van der Waals surface area contributed by atoms with E-state index in [0.717, 1.165) is 45.9 Å². The first-order chi connectivity index (χ1) is 9.27. The largest absolute Gasteiger partial charge is 0.383 e. The van der Waals surface area contributed by atoms with Gasteiger partial charge in [-0.15, -0.1) is 11.3 Å². The number of thiophene rings is 1. The van der Waals surface area contributed by atoms with Crippen LogP contribution < -0.4 is 5.32 Å². The molecule has 110 valence electrons. The first-order valence-electron chi connectivity index (χ1n) is 6.72. The minimum atomic E-state index is 0.772. The third-order valence-electron chi connectivity index (χ3n) is 3.08. The molecule has 0 aliphatic rings. The number of rotatable bonds is 11. The monoisotopic (exact) mass is 286 g/mol. The summed E-state index contributed by atoms with van der Waals surface area (Å²) >= 11 is 1.82. The van der Waals surface area contributed by atoms with Crippen molar-refractivity contribution in [3.63, 3.8) is 0 Å². The van der Waals surface area contributed by atoms with Crippen molar-refractivity contribution in [3.05, 3.63) is 21.9 Å². The van der Waals surface area contributed by atoms with Crippen LogP contribution in [0.3, 0.4) is 0 Å². The molecule has 1 aromatic rings. The van der Waals surface area contributed by atoms with Gasteiger partial charge in [-0.2, -0.15) is 0 Å². The van der Waals surface area contributed by atoms with Crippen LogP contribution in [0.2, 0.25) is 0 Å². The normalized spacial score (nSPS) is 11.4. The fourth-order valence-electron chi connectivity index (χ4n) is 1.80. The Morgan fingerprint density at radius 1 is 1.16 bits per heavy atom. The average Bonchev–Trinajstić information content (AvgIpc) is 2.82. The van der Waals surface area contributed by atoms with Crippen molar-refractivity contribution in [1.82, 2.24) is 10.2 Å². The lowest BCUT2D eigenvalue weighted by Gasteiger charge is -2.21. The maximum absolute atomic E-state index is 5.13. The van der Waals surface area contributed by atoms with E-state index in [-0.39, 0.29) is 0 Å². The van der Waals surface area contributed by atoms with Crippen LogP contribution in [0.1, 0.15) is 10.4 Å². The molecule has 1 aromatic heterocycles. The highest BCUT2D eigenvalue weighted by Gasteiger charge is 2.04. The summed E-state index contributed by atoms with van der Waals surface area (Å²) in [7, 11) is 3.48. The molecule has 0 atom stereocenters. The predicted octanol–water partition coefficient (Wildman–Crippen LogP) is 1.74. The van der Waals surface area contributed by atoms with Crippen LogP contribution in [0.4, 0.5) is 0 Å². The molecule has 0 aliphatic carbocycles. The number of aryl methyl sites for hydroxylation is 1. The topological polar surface area (TPSA) is 33.7 Å². The number of hydrogen-bond donors (Lipinski definition) is 1. The molecule has 0 aromatic carbocycles. The Labute approximate surface area is 120 Å². The molecule has 4 nitrogen and oxygen atoms in total. The van der Waals surface area contributed by atoms with E-state index < -0.39 is 0 Å². The van der Waals surface area contributed by atoms with Crippen molar-refractivity contribution in [3.8, 4) is 0 Å². The number of methoxy groups -OCH3 is 2. The second-order valence-corrected chi connectivity index (χ2v) is 5.53. The Hall–Kier alpha value is -0.460. The van der Waals surface area contributed by atoms with Crippen LogP contribution in [-0.2, 0) is 16.0 Å². The van der Waals surface area contributed by atoms with E-state index in [1.54, 1.807) is 14.2 Å². The zero-order valence-corrected chi connectivity index (χ0v) is 13.1. The second kappa shape index (κ2) is 10.3. The molecule has 0 bridgehead atoms. The van der Waals surface area contributed by atoms with E-state index in [1.807, 2.05) is 11.3 Å². The first-order valence-corrected chi connectivity index (χ1v) is 7.59. The zero-order valence-electron chi connectivity index (χ0n) is 12.3. The summed E-state index contributed by atoms with van der Waals surface area (Å²) in [5.41, 5.74) is 1.38. The molecular weight excluding hydrogens is 260 g/mol. The molecule has 1 N–H and O–H groups in total. The van der Waals surface area contributed by atoms with Crippen LogP contribution in [0.5, 0.6) is 0 Å². The van der Waals surface area contributed by atoms with Crippen molar-refractivity contribution < 1.29 is 9.47 Å². The van der Waals surface area contributed by atoms with E-state index in [0.29, 0.717) is 0 Å². The van der Waals surface area contributed by atoms with Gasteiger partial charge >= 0.3 is 0 Å². The van der Waals surface area contributed by atoms with Gasteiger partial charge in [0.2, 0.25) is 0 Å². The number of nitrogens with one attached hydrogen (secondary N) is 1. The molecule has 0 spiro atoms. The smallest absolute Gasteiger partial charge is 0.0589 e. The Bertz CT molecular complexity index is 323. The predicted molar refractivity (Wildman–Crippen MR) is 81.0 cm³/mol. The summed E-state index contributed by atoms with van der Waals surface area (Å²) in [6, 6.07) is 2.17. The first kappa shape index (κ1) is 16.6. The maximum atomic E-state index is 5.13. The fourth-order valence-corrected chi connectivity index (χ4v) is 2.68. The van der Waals surface area contributed by atoms with Gasteiger partial charge < -0.3 is 14.8 Å². The van der Waals surface area contributed by atoms with Crippen LogP contribution >= 0.6 is 11.3 Å². The van der Waals surface area contributed by atoms with E-state index in [4.69, 9.17) is 9.47 Å². The third-order valence-corrected chi connectivity index (χ3v) is 4.10. The molecule has 5 heteroatoms. The minimum Gasteiger partial charge on any atom is -0.383 e. The number of hydrogen-bond acceptors (Lipinski definition) is 5. The van der Waals surface area contributed by atoms with Gasteiger partial charge in [0.05, 0.1) is 13.2 Å². The van der Waals surface area contributed by atoms with Gasteiger partial charge in [0.25, 0.3) is 0 Å². The van der Waals surface area contributed by atoms with Gasteiger partial charge in [0.1, 0.15) is 0 Å². The molecule has 1 heterocycles. The highest BCUT2D eigenvalue weighted by Crippen LogP contribution is 2.14. The lowest BCUT2D eigenvalue weighted by atomic mass is 10.3. The van der Waals surface area contributed by atoms with E-state index in [2.05, 4.69) is 28.6 Å². The van der Waals surface area contributed by atoms with Gasteiger partial charge in [-0.25, -0.2) is 0 Å². The molecule has 0 radical (unpaired) electrons. The molecule has 0 aliphatic heterocycles. The van der Waals surface area contributed by atoms with Crippen molar-refractivity contribution >= 4 is 11.3 Å². The van der Waals surface area contributed by atoms with Crippen LogP contribution in [0.25, 0.3) is 0 Å². The van der Waals surface area contributed by atoms with E-state index in [1.165, 1.54) is 10.4 Å². The molecule has 19 heavy (non-hydrogen) atoms. The Balaban J connectivity index is 2.17. The molecular formula is C14H26N2O2S. The summed E-state index contributed by atoms with van der Waals surface area (Å²) in [5, 5.41) is 5.65. The van der Waals surface area contributed by atoms with Crippen molar-refractivity contribution in [2.75, 3.05) is 53.6 Å². The molecule has 0 saturated carbocycles. The molecule has 0 saturated heterocycles. The van der Waals surface area contributed by atoms with Gasteiger partial charge in [-0.05, 0) is 23.9 Å². The molecule has 0 fully saturated rings. The Kier molecular flexibility index (Phi) is 9.03. The lowest BCUT2D eigenvalue weighted by molar-refractivity contribution is 0.114. The average molecular weight is 286 g/mol. The fraction of sp³-hybridized carbons (Fsp3) is 0.714.